The van der Waals surface area contributed by atoms with Gasteiger partial charge in [-0.05, 0) is 43.5 Å². The molecular formula is C22H26FN5O2S. The number of nitrogens with one attached hydrogen (secondary N) is 1. The zero-order valence-electron chi connectivity index (χ0n) is 17.3. The van der Waals surface area contributed by atoms with Gasteiger partial charge in [-0.15, -0.1) is 0 Å². The van der Waals surface area contributed by atoms with Crippen LogP contribution in [0.5, 0.6) is 0 Å². The lowest BCUT2D eigenvalue weighted by molar-refractivity contribution is 0.247. The van der Waals surface area contributed by atoms with Gasteiger partial charge in [0.2, 0.25) is 5.95 Å². The number of aliphatic hydroxyl groups excluding tert-OH is 1. The summed E-state index contributed by atoms with van der Waals surface area (Å²) in [5.41, 5.74) is 1.59. The molecule has 7 nitrogen and oxygen atoms in total. The largest absolute Gasteiger partial charge is 0.394 e. The van der Waals surface area contributed by atoms with Crippen LogP contribution < -0.4 is 15.1 Å². The third-order valence-electron chi connectivity index (χ3n) is 7.21. The summed E-state index contributed by atoms with van der Waals surface area (Å²) in [6, 6.07) is 7.07. The molecule has 0 radical (unpaired) electrons. The third kappa shape index (κ3) is 3.29. The van der Waals surface area contributed by atoms with Crippen LogP contribution in [0.2, 0.25) is 0 Å². The number of fused-ring (bicyclic) bond motifs is 2. The van der Waals surface area contributed by atoms with Gasteiger partial charge in [0, 0.05) is 43.4 Å². The summed E-state index contributed by atoms with van der Waals surface area (Å²) in [6.45, 7) is 2.76. The standard InChI is InChI=1S/C22H26FN5O2S/c23-15-1-3-16(4-2-15)28-11-14-5-9-27(12-18(14)28)21-24-17-6-10-31(30)19(17)20(25-21)26-22(13-29)7-8-22/h1-4,14,18,29H,5-13H2,(H,24,25,26). The highest BCUT2D eigenvalue weighted by Crippen LogP contribution is 2.42. The molecule has 1 aromatic heterocycles. The second-order valence-corrected chi connectivity index (χ2v) is 10.7. The van der Waals surface area contributed by atoms with Gasteiger partial charge < -0.3 is 20.2 Å². The second kappa shape index (κ2) is 7.13. The van der Waals surface area contributed by atoms with Crippen molar-refractivity contribution in [1.82, 2.24) is 9.97 Å². The van der Waals surface area contributed by atoms with Crippen molar-refractivity contribution in [3.8, 4) is 0 Å². The van der Waals surface area contributed by atoms with Gasteiger partial charge in [0.1, 0.15) is 16.5 Å². The molecule has 1 aromatic carbocycles. The van der Waals surface area contributed by atoms with E-state index < -0.39 is 10.8 Å². The van der Waals surface area contributed by atoms with Crippen molar-refractivity contribution in [2.75, 3.05) is 47.1 Å². The van der Waals surface area contributed by atoms with Crippen molar-refractivity contribution >= 4 is 28.3 Å². The van der Waals surface area contributed by atoms with E-state index in [1.807, 2.05) is 12.1 Å². The molecule has 31 heavy (non-hydrogen) atoms. The number of hydrogen-bond donors (Lipinski definition) is 2. The average molecular weight is 444 g/mol. The van der Waals surface area contributed by atoms with Crippen molar-refractivity contribution in [1.29, 1.82) is 0 Å². The summed E-state index contributed by atoms with van der Waals surface area (Å²) in [7, 11) is -1.09. The maximum atomic E-state index is 13.3. The Morgan fingerprint density at radius 2 is 2.03 bits per heavy atom. The smallest absolute Gasteiger partial charge is 0.227 e. The Kier molecular flexibility index (Phi) is 4.47. The van der Waals surface area contributed by atoms with Crippen LogP contribution in [0.15, 0.2) is 29.2 Å². The van der Waals surface area contributed by atoms with Gasteiger partial charge in [0.25, 0.3) is 0 Å². The Morgan fingerprint density at radius 1 is 1.23 bits per heavy atom. The molecule has 1 saturated carbocycles. The SMILES string of the molecule is O=S1CCc2nc(N3CCC4CN(c5ccc(F)cc5)C4C3)nc(NC3(CO)CC3)c21. The summed E-state index contributed by atoms with van der Waals surface area (Å²) in [4.78, 5) is 14.9. The van der Waals surface area contributed by atoms with Gasteiger partial charge >= 0.3 is 0 Å². The van der Waals surface area contributed by atoms with Gasteiger partial charge in [-0.1, -0.05) is 0 Å². The molecule has 6 rings (SSSR count). The van der Waals surface area contributed by atoms with E-state index in [9.17, 15) is 13.7 Å². The highest BCUT2D eigenvalue weighted by Gasteiger charge is 2.45. The number of aromatic nitrogens is 2. The van der Waals surface area contributed by atoms with Crippen LogP contribution in [0.25, 0.3) is 0 Å². The lowest BCUT2D eigenvalue weighted by Gasteiger charge is -2.54. The van der Waals surface area contributed by atoms with Gasteiger partial charge in [-0.2, -0.15) is 4.98 Å². The monoisotopic (exact) mass is 443 g/mol. The highest BCUT2D eigenvalue weighted by molar-refractivity contribution is 7.85. The molecule has 3 atom stereocenters. The number of benzene rings is 1. The molecular weight excluding hydrogens is 417 g/mol. The summed E-state index contributed by atoms with van der Waals surface area (Å²) in [5, 5.41) is 13.2. The maximum absolute atomic E-state index is 13.3. The number of hydrogen-bond acceptors (Lipinski definition) is 7. The first-order valence-corrected chi connectivity index (χ1v) is 12.3. The molecule has 3 fully saturated rings. The first-order chi connectivity index (χ1) is 15.0. The molecule has 164 valence electrons. The number of aliphatic hydroxyl groups is 1. The zero-order chi connectivity index (χ0) is 21.2. The number of nitrogens with zero attached hydrogens (tertiary/aromatic N) is 4. The predicted octanol–water partition coefficient (Wildman–Crippen LogP) is 1.93. The Labute approximate surface area is 183 Å². The van der Waals surface area contributed by atoms with E-state index in [1.165, 1.54) is 12.1 Å². The average Bonchev–Trinajstić information content (AvgIpc) is 3.44. The van der Waals surface area contributed by atoms with Crippen molar-refractivity contribution < 1.29 is 13.7 Å². The van der Waals surface area contributed by atoms with Crippen LogP contribution in [0.1, 0.15) is 25.0 Å². The fourth-order valence-electron chi connectivity index (χ4n) is 5.04. The molecule has 9 heteroatoms. The van der Waals surface area contributed by atoms with Crippen LogP contribution in [0.4, 0.5) is 21.8 Å². The second-order valence-electron chi connectivity index (χ2n) is 9.20. The number of aryl methyl sites for hydroxylation is 1. The van der Waals surface area contributed by atoms with Crippen molar-refractivity contribution in [3.05, 3.63) is 35.8 Å². The van der Waals surface area contributed by atoms with E-state index in [-0.39, 0.29) is 18.0 Å². The molecule has 3 unspecified atom stereocenters. The third-order valence-corrected chi connectivity index (χ3v) is 8.67. The fraction of sp³-hybridized carbons (Fsp3) is 0.545. The van der Waals surface area contributed by atoms with E-state index in [0.717, 1.165) is 55.2 Å². The fourth-order valence-corrected chi connectivity index (χ4v) is 6.35. The van der Waals surface area contributed by atoms with Gasteiger partial charge in [0.15, 0.2) is 0 Å². The molecule has 4 heterocycles. The van der Waals surface area contributed by atoms with Crippen molar-refractivity contribution in [2.45, 2.75) is 42.2 Å². The number of rotatable bonds is 5. The first kappa shape index (κ1) is 19.4. The quantitative estimate of drug-likeness (QED) is 0.731. The van der Waals surface area contributed by atoms with Crippen LogP contribution in [-0.4, -0.2) is 62.9 Å². The molecule has 0 bridgehead atoms. The summed E-state index contributed by atoms with van der Waals surface area (Å²) in [5.74, 6) is 2.31. The topological polar surface area (TPSA) is 81.6 Å². The Morgan fingerprint density at radius 3 is 2.77 bits per heavy atom. The summed E-state index contributed by atoms with van der Waals surface area (Å²) in [6.07, 6.45) is 3.55. The maximum Gasteiger partial charge on any atom is 0.227 e. The molecule has 2 aromatic rings. The Balaban J connectivity index is 1.27. The minimum Gasteiger partial charge on any atom is -0.394 e. The summed E-state index contributed by atoms with van der Waals surface area (Å²) < 4.78 is 25.9. The van der Waals surface area contributed by atoms with Gasteiger partial charge in [-0.3, -0.25) is 4.21 Å². The molecule has 2 N–H and O–H groups in total. The van der Waals surface area contributed by atoms with Crippen LogP contribution in [0.3, 0.4) is 0 Å². The Hall–Kier alpha value is -2.26. The molecule has 3 aliphatic heterocycles. The van der Waals surface area contributed by atoms with E-state index >= 15 is 0 Å². The normalized spacial score (nSPS) is 28.0. The highest BCUT2D eigenvalue weighted by atomic mass is 32.2. The minimum atomic E-state index is -1.09. The van der Waals surface area contributed by atoms with Crippen LogP contribution >= 0.6 is 0 Å². The number of halogens is 1. The van der Waals surface area contributed by atoms with E-state index in [1.54, 1.807) is 0 Å². The zero-order valence-corrected chi connectivity index (χ0v) is 18.1. The minimum absolute atomic E-state index is 0.0494. The molecule has 4 aliphatic rings. The molecule has 2 saturated heterocycles. The van der Waals surface area contributed by atoms with Gasteiger partial charge in [-0.25, -0.2) is 9.37 Å². The van der Waals surface area contributed by atoms with Crippen molar-refractivity contribution in [3.63, 3.8) is 0 Å². The lowest BCUT2D eigenvalue weighted by atomic mass is 9.82. The Bertz CT molecular complexity index is 1040. The van der Waals surface area contributed by atoms with E-state index in [4.69, 9.17) is 9.97 Å². The number of anilines is 3. The van der Waals surface area contributed by atoms with E-state index in [0.29, 0.717) is 35.9 Å². The van der Waals surface area contributed by atoms with E-state index in [2.05, 4.69) is 15.1 Å². The molecule has 0 amide bonds. The molecule has 0 spiro atoms. The van der Waals surface area contributed by atoms with Crippen LogP contribution in [-0.2, 0) is 17.2 Å². The molecule has 1 aliphatic carbocycles. The van der Waals surface area contributed by atoms with Gasteiger partial charge in [0.05, 0.1) is 34.7 Å². The first-order valence-electron chi connectivity index (χ1n) is 11.0. The predicted molar refractivity (Wildman–Crippen MR) is 118 cm³/mol. The summed E-state index contributed by atoms with van der Waals surface area (Å²) >= 11 is 0. The lowest BCUT2D eigenvalue weighted by Crippen LogP contribution is -2.64. The van der Waals surface area contributed by atoms with Crippen LogP contribution in [0, 0.1) is 11.7 Å². The number of piperidine rings is 1. The van der Waals surface area contributed by atoms with Crippen molar-refractivity contribution in [2.24, 2.45) is 5.92 Å².